The third-order valence-corrected chi connectivity index (χ3v) is 7.03. The zero-order valence-corrected chi connectivity index (χ0v) is 15.1. The van der Waals surface area contributed by atoms with E-state index >= 15 is 0 Å². The Morgan fingerprint density at radius 3 is 2.43 bits per heavy atom. The number of aromatic nitrogens is 1. The standard InChI is InChI=1S/C18H22NO3P/c1-18(2,3)23-16-13(20-4)9-7-10-14(16)22-17(23)12-8-6-11-15(19-12)21-5/h6-11,17H,1-5H3/t17-,23+/m1/s1. The smallest absolute Gasteiger partial charge is 0.213 e. The highest BCUT2D eigenvalue weighted by Crippen LogP contribution is 2.66. The molecule has 0 N–H and O–H groups in total. The molecular formula is C18H22NO3P. The monoisotopic (exact) mass is 331 g/mol. The van der Waals surface area contributed by atoms with Crippen molar-refractivity contribution in [1.29, 1.82) is 0 Å². The van der Waals surface area contributed by atoms with Gasteiger partial charge in [0.2, 0.25) is 5.88 Å². The number of hydrogen-bond donors (Lipinski definition) is 0. The van der Waals surface area contributed by atoms with Crippen LogP contribution >= 0.6 is 7.92 Å². The molecule has 0 fully saturated rings. The summed E-state index contributed by atoms with van der Waals surface area (Å²) in [6, 6.07) is 11.8. The molecule has 5 heteroatoms. The van der Waals surface area contributed by atoms with E-state index in [1.165, 1.54) is 5.30 Å². The van der Waals surface area contributed by atoms with Gasteiger partial charge in [-0.1, -0.05) is 32.9 Å². The van der Waals surface area contributed by atoms with Crippen molar-refractivity contribution in [2.45, 2.75) is 31.8 Å². The van der Waals surface area contributed by atoms with Crippen molar-refractivity contribution in [2.24, 2.45) is 0 Å². The SMILES string of the molecule is COc1cccc([C@@H]2Oc3cccc(OC)c3[P@]2C(C)(C)C)n1. The Morgan fingerprint density at radius 1 is 1.04 bits per heavy atom. The van der Waals surface area contributed by atoms with Gasteiger partial charge in [0.05, 0.1) is 25.2 Å². The Kier molecular flexibility index (Phi) is 4.20. The topological polar surface area (TPSA) is 40.6 Å². The summed E-state index contributed by atoms with van der Waals surface area (Å²) in [5.41, 5.74) is 0.906. The molecule has 1 aromatic heterocycles. The van der Waals surface area contributed by atoms with E-state index in [-0.39, 0.29) is 11.0 Å². The average molecular weight is 331 g/mol. The zero-order valence-electron chi connectivity index (χ0n) is 14.2. The molecule has 3 rings (SSSR count). The summed E-state index contributed by atoms with van der Waals surface area (Å²) in [5, 5.41) is 1.25. The summed E-state index contributed by atoms with van der Waals surface area (Å²) in [7, 11) is 2.69. The van der Waals surface area contributed by atoms with Crippen molar-refractivity contribution in [3.8, 4) is 17.4 Å². The second kappa shape index (κ2) is 6.01. The molecule has 122 valence electrons. The molecule has 0 bridgehead atoms. The first-order chi connectivity index (χ1) is 11.0. The largest absolute Gasteiger partial charge is 0.496 e. The van der Waals surface area contributed by atoms with Crippen molar-refractivity contribution in [3.63, 3.8) is 0 Å². The number of nitrogens with zero attached hydrogens (tertiary/aromatic N) is 1. The van der Waals surface area contributed by atoms with Crippen molar-refractivity contribution in [3.05, 3.63) is 42.1 Å². The van der Waals surface area contributed by atoms with E-state index in [0.717, 1.165) is 17.2 Å². The number of benzene rings is 1. The van der Waals surface area contributed by atoms with Gasteiger partial charge in [0.25, 0.3) is 0 Å². The van der Waals surface area contributed by atoms with Gasteiger partial charge in [0, 0.05) is 6.07 Å². The van der Waals surface area contributed by atoms with Crippen LogP contribution in [0.1, 0.15) is 32.3 Å². The molecular weight excluding hydrogens is 309 g/mol. The van der Waals surface area contributed by atoms with Gasteiger partial charge < -0.3 is 14.2 Å². The third-order valence-electron chi connectivity index (χ3n) is 3.83. The van der Waals surface area contributed by atoms with Gasteiger partial charge in [-0.2, -0.15) is 0 Å². The summed E-state index contributed by atoms with van der Waals surface area (Å²) in [5.74, 6) is 2.32. The van der Waals surface area contributed by atoms with E-state index in [1.807, 2.05) is 36.4 Å². The zero-order chi connectivity index (χ0) is 16.6. The van der Waals surface area contributed by atoms with Crippen LogP contribution in [0.15, 0.2) is 36.4 Å². The van der Waals surface area contributed by atoms with Gasteiger partial charge in [-0.3, -0.25) is 0 Å². The fraction of sp³-hybridized carbons (Fsp3) is 0.389. The average Bonchev–Trinajstić information content (AvgIpc) is 2.94. The minimum atomic E-state index is -0.651. The molecule has 0 saturated heterocycles. The summed E-state index contributed by atoms with van der Waals surface area (Å²) in [6.07, 6.45) is 0. The highest BCUT2D eigenvalue weighted by molar-refractivity contribution is 7.68. The lowest BCUT2D eigenvalue weighted by atomic mass is 10.3. The molecule has 1 aromatic carbocycles. The lowest BCUT2D eigenvalue weighted by molar-refractivity contribution is 0.291. The molecule has 2 atom stereocenters. The highest BCUT2D eigenvalue weighted by atomic mass is 31.1. The van der Waals surface area contributed by atoms with E-state index in [4.69, 9.17) is 14.2 Å². The summed E-state index contributed by atoms with van der Waals surface area (Å²) in [6.45, 7) is 6.74. The molecule has 0 amide bonds. The van der Waals surface area contributed by atoms with Crippen LogP contribution in [-0.4, -0.2) is 24.4 Å². The van der Waals surface area contributed by atoms with E-state index < -0.39 is 7.92 Å². The Bertz CT molecular complexity index is 712. The van der Waals surface area contributed by atoms with Crippen LogP contribution in [0.2, 0.25) is 0 Å². The first-order valence-electron chi connectivity index (χ1n) is 7.59. The van der Waals surface area contributed by atoms with Crippen molar-refractivity contribution >= 4 is 13.2 Å². The number of ether oxygens (including phenoxy) is 3. The van der Waals surface area contributed by atoms with Crippen LogP contribution in [0, 0.1) is 0 Å². The molecule has 0 saturated carbocycles. The fourth-order valence-corrected chi connectivity index (χ4v) is 5.86. The van der Waals surface area contributed by atoms with Gasteiger partial charge in [0.15, 0.2) is 5.85 Å². The number of hydrogen-bond acceptors (Lipinski definition) is 4. The van der Waals surface area contributed by atoms with Gasteiger partial charge in [-0.05, 0) is 31.3 Å². The van der Waals surface area contributed by atoms with Crippen LogP contribution in [0.3, 0.4) is 0 Å². The first-order valence-corrected chi connectivity index (χ1v) is 9.00. The predicted octanol–water partition coefficient (Wildman–Crippen LogP) is 4.10. The Labute approximate surface area is 138 Å². The number of methoxy groups -OCH3 is 2. The molecule has 2 heterocycles. The van der Waals surface area contributed by atoms with Crippen LogP contribution in [0.4, 0.5) is 0 Å². The molecule has 4 nitrogen and oxygen atoms in total. The molecule has 1 aliphatic rings. The molecule has 0 spiro atoms. The van der Waals surface area contributed by atoms with E-state index in [9.17, 15) is 0 Å². The van der Waals surface area contributed by atoms with Gasteiger partial charge in [-0.25, -0.2) is 4.98 Å². The quantitative estimate of drug-likeness (QED) is 0.794. The van der Waals surface area contributed by atoms with E-state index in [2.05, 4.69) is 25.8 Å². The van der Waals surface area contributed by atoms with Crippen LogP contribution in [-0.2, 0) is 0 Å². The minimum absolute atomic E-state index is 0.0602. The molecule has 23 heavy (non-hydrogen) atoms. The molecule has 2 aromatic rings. The maximum absolute atomic E-state index is 6.30. The number of fused-ring (bicyclic) bond motifs is 1. The Balaban J connectivity index is 2.12. The van der Waals surface area contributed by atoms with Gasteiger partial charge >= 0.3 is 0 Å². The van der Waals surface area contributed by atoms with Crippen molar-refractivity contribution in [2.75, 3.05) is 14.2 Å². The van der Waals surface area contributed by atoms with Gasteiger partial charge in [-0.15, -0.1) is 0 Å². The lowest BCUT2D eigenvalue weighted by Crippen LogP contribution is -2.21. The van der Waals surface area contributed by atoms with E-state index in [1.54, 1.807) is 14.2 Å². The van der Waals surface area contributed by atoms with Crippen molar-refractivity contribution < 1.29 is 14.2 Å². The fourth-order valence-electron chi connectivity index (χ4n) is 2.85. The molecule has 0 radical (unpaired) electrons. The van der Waals surface area contributed by atoms with Crippen LogP contribution in [0.5, 0.6) is 17.4 Å². The maximum atomic E-state index is 6.30. The summed E-state index contributed by atoms with van der Waals surface area (Å²) in [4.78, 5) is 4.60. The minimum Gasteiger partial charge on any atom is -0.496 e. The van der Waals surface area contributed by atoms with Crippen molar-refractivity contribution in [1.82, 2.24) is 4.98 Å². The van der Waals surface area contributed by atoms with Gasteiger partial charge in [0.1, 0.15) is 11.5 Å². The maximum Gasteiger partial charge on any atom is 0.213 e. The highest BCUT2D eigenvalue weighted by Gasteiger charge is 2.45. The van der Waals surface area contributed by atoms with E-state index in [0.29, 0.717) is 5.88 Å². The number of pyridine rings is 1. The summed E-state index contributed by atoms with van der Waals surface area (Å²) < 4.78 is 17.2. The Morgan fingerprint density at radius 2 is 1.78 bits per heavy atom. The van der Waals surface area contributed by atoms with Crippen LogP contribution in [0.25, 0.3) is 0 Å². The normalized spacial score (nSPS) is 19.9. The molecule has 1 aliphatic heterocycles. The first kappa shape index (κ1) is 16.1. The molecule has 0 unspecified atom stereocenters. The second-order valence-corrected chi connectivity index (χ2v) is 9.42. The lowest BCUT2D eigenvalue weighted by Gasteiger charge is -2.31. The number of rotatable bonds is 3. The summed E-state index contributed by atoms with van der Waals surface area (Å²) >= 11 is 0. The third kappa shape index (κ3) is 2.88. The predicted molar refractivity (Wildman–Crippen MR) is 93.5 cm³/mol. The Hall–Kier alpha value is -1.80. The van der Waals surface area contributed by atoms with Crippen LogP contribution < -0.4 is 19.5 Å². The second-order valence-electron chi connectivity index (χ2n) is 6.42. The molecule has 0 aliphatic carbocycles.